The summed E-state index contributed by atoms with van der Waals surface area (Å²) in [6, 6.07) is 37.4. The second-order valence-electron chi connectivity index (χ2n) is 11.8. The van der Waals surface area contributed by atoms with Crippen molar-refractivity contribution >= 4 is 43.1 Å². The van der Waals surface area contributed by atoms with Crippen LogP contribution < -0.4 is 0 Å². The lowest BCUT2D eigenvalue weighted by Gasteiger charge is -2.10. The molecule has 0 aliphatic rings. The molecule has 0 heteroatoms. The molecule has 0 N–H and O–H groups in total. The number of benzene rings is 6. The van der Waals surface area contributed by atoms with Crippen LogP contribution >= 0.6 is 0 Å². The number of fused-ring (bicyclic) bond motifs is 4. The summed E-state index contributed by atoms with van der Waals surface area (Å²) in [6.45, 7) is 4.55. The summed E-state index contributed by atoms with van der Waals surface area (Å²) in [7, 11) is 0. The lowest BCUT2D eigenvalue weighted by Crippen LogP contribution is -1.87. The Bertz CT molecular complexity index is 1640. The van der Waals surface area contributed by atoms with Crippen LogP contribution in [0.2, 0.25) is 0 Å². The highest BCUT2D eigenvalue weighted by molar-refractivity contribution is 6.02. The fourth-order valence-electron chi connectivity index (χ4n) is 6.28. The van der Waals surface area contributed by atoms with Crippen LogP contribution in [-0.4, -0.2) is 0 Å². The highest BCUT2D eigenvalue weighted by atomic mass is 14.1. The van der Waals surface area contributed by atoms with Crippen molar-refractivity contribution < 1.29 is 0 Å². The number of hydrogen-bond donors (Lipinski definition) is 0. The molecule has 0 aliphatic carbocycles. The van der Waals surface area contributed by atoms with Crippen molar-refractivity contribution in [2.24, 2.45) is 0 Å². The molecule has 0 nitrogen and oxygen atoms in total. The molecule has 0 amide bonds. The van der Waals surface area contributed by atoms with Gasteiger partial charge >= 0.3 is 0 Å². The van der Waals surface area contributed by atoms with Crippen molar-refractivity contribution in [3.8, 4) is 11.1 Å². The van der Waals surface area contributed by atoms with Gasteiger partial charge in [0, 0.05) is 0 Å². The van der Waals surface area contributed by atoms with E-state index in [9.17, 15) is 0 Å². The summed E-state index contributed by atoms with van der Waals surface area (Å²) in [6.07, 6.45) is 12.9. The van der Waals surface area contributed by atoms with Gasteiger partial charge < -0.3 is 0 Å². The maximum absolute atomic E-state index is 2.40. The smallest absolute Gasteiger partial charge is 0.0171 e. The van der Waals surface area contributed by atoms with Crippen LogP contribution in [0.25, 0.3) is 54.2 Å². The number of rotatable bonds is 11. The van der Waals surface area contributed by atoms with Crippen molar-refractivity contribution in [3.63, 3.8) is 0 Å². The first-order valence-electron chi connectivity index (χ1n) is 15.6. The average Bonchev–Trinajstić information content (AvgIpc) is 2.98. The Balaban J connectivity index is 1.26. The van der Waals surface area contributed by atoms with Crippen LogP contribution in [0.5, 0.6) is 0 Å². The molecule has 40 heavy (non-hydrogen) atoms. The zero-order valence-corrected chi connectivity index (χ0v) is 24.3. The maximum atomic E-state index is 2.40. The van der Waals surface area contributed by atoms with E-state index in [0.29, 0.717) is 0 Å². The van der Waals surface area contributed by atoms with E-state index in [1.807, 2.05) is 0 Å². The van der Waals surface area contributed by atoms with Gasteiger partial charge in [0.25, 0.3) is 0 Å². The van der Waals surface area contributed by atoms with Crippen LogP contribution in [0.4, 0.5) is 0 Å². The van der Waals surface area contributed by atoms with Crippen molar-refractivity contribution in [2.75, 3.05) is 0 Å². The SMILES string of the molecule is CCCCCCc1ccc2cc3cc(-c4ccc5cc6cc(CCCCCC)ccc6cc5c4)ccc3cc2c1. The molecule has 0 heterocycles. The Kier molecular flexibility index (Phi) is 8.14. The quantitative estimate of drug-likeness (QED) is 0.117. The van der Waals surface area contributed by atoms with Gasteiger partial charge in [-0.3, -0.25) is 0 Å². The monoisotopic (exact) mass is 522 g/mol. The van der Waals surface area contributed by atoms with Crippen LogP contribution in [0, 0.1) is 0 Å². The molecular weight excluding hydrogens is 480 g/mol. The zero-order chi connectivity index (χ0) is 27.3. The fraction of sp³-hybridized carbons (Fsp3) is 0.300. The third-order valence-corrected chi connectivity index (χ3v) is 8.69. The topological polar surface area (TPSA) is 0 Å². The minimum atomic E-state index is 1.18. The molecule has 0 radical (unpaired) electrons. The van der Waals surface area contributed by atoms with Gasteiger partial charge in [0.1, 0.15) is 0 Å². The average molecular weight is 523 g/mol. The van der Waals surface area contributed by atoms with E-state index in [1.165, 1.54) is 130 Å². The number of unbranched alkanes of at least 4 members (excludes halogenated alkanes) is 6. The molecule has 0 unspecified atom stereocenters. The van der Waals surface area contributed by atoms with Gasteiger partial charge in [-0.05, 0) is 127 Å². The predicted molar refractivity (Wildman–Crippen MR) is 178 cm³/mol. The fourth-order valence-corrected chi connectivity index (χ4v) is 6.28. The molecule has 0 bridgehead atoms. The maximum Gasteiger partial charge on any atom is -0.0171 e. The Morgan fingerprint density at radius 2 is 0.700 bits per heavy atom. The van der Waals surface area contributed by atoms with E-state index in [0.717, 1.165) is 0 Å². The molecule has 0 aromatic heterocycles. The van der Waals surface area contributed by atoms with Gasteiger partial charge in [0.05, 0.1) is 0 Å². The first-order chi connectivity index (χ1) is 19.7. The second kappa shape index (κ2) is 12.3. The van der Waals surface area contributed by atoms with E-state index >= 15 is 0 Å². The highest BCUT2D eigenvalue weighted by Gasteiger charge is 2.06. The standard InChI is InChI=1S/C40H42/c1-3-5-7-9-11-29-13-15-33-27-39-23-31(17-19-35(39)25-37(33)21-29)32-18-20-36-26-38-22-30(12-10-8-6-4-2)14-16-34(38)28-40(36)24-32/h13-28H,3-12H2,1-2H3. The minimum Gasteiger partial charge on any atom is -0.0654 e. The summed E-state index contributed by atoms with van der Waals surface area (Å²) >= 11 is 0. The second-order valence-corrected chi connectivity index (χ2v) is 11.8. The molecule has 6 aromatic carbocycles. The first kappa shape index (κ1) is 26.6. The molecule has 0 atom stereocenters. The minimum absolute atomic E-state index is 1.18. The van der Waals surface area contributed by atoms with Crippen molar-refractivity contribution in [3.05, 3.63) is 108 Å². The van der Waals surface area contributed by atoms with Gasteiger partial charge in [-0.15, -0.1) is 0 Å². The van der Waals surface area contributed by atoms with E-state index in [2.05, 4.69) is 111 Å². The van der Waals surface area contributed by atoms with Crippen LogP contribution in [0.3, 0.4) is 0 Å². The summed E-state index contributed by atoms with van der Waals surface area (Å²) in [5.41, 5.74) is 5.49. The molecule has 0 saturated carbocycles. The van der Waals surface area contributed by atoms with E-state index in [4.69, 9.17) is 0 Å². The van der Waals surface area contributed by atoms with Crippen molar-refractivity contribution in [1.82, 2.24) is 0 Å². The lowest BCUT2D eigenvalue weighted by molar-refractivity contribution is 0.667. The molecule has 0 spiro atoms. The molecule has 0 fully saturated rings. The van der Waals surface area contributed by atoms with Gasteiger partial charge in [-0.25, -0.2) is 0 Å². The highest BCUT2D eigenvalue weighted by Crippen LogP contribution is 2.32. The van der Waals surface area contributed by atoms with E-state index < -0.39 is 0 Å². The molecule has 202 valence electrons. The third-order valence-electron chi connectivity index (χ3n) is 8.69. The van der Waals surface area contributed by atoms with E-state index in [1.54, 1.807) is 0 Å². The molecule has 0 saturated heterocycles. The molecule has 0 aliphatic heterocycles. The summed E-state index contributed by atoms with van der Waals surface area (Å²) in [4.78, 5) is 0. The van der Waals surface area contributed by atoms with Gasteiger partial charge in [-0.2, -0.15) is 0 Å². The van der Waals surface area contributed by atoms with E-state index in [-0.39, 0.29) is 0 Å². The number of aryl methyl sites for hydroxylation is 2. The van der Waals surface area contributed by atoms with Crippen molar-refractivity contribution in [2.45, 2.75) is 78.1 Å². The Morgan fingerprint density at radius 1 is 0.325 bits per heavy atom. The summed E-state index contributed by atoms with van der Waals surface area (Å²) < 4.78 is 0. The largest absolute Gasteiger partial charge is 0.0654 e. The van der Waals surface area contributed by atoms with Crippen LogP contribution in [0.15, 0.2) is 97.1 Å². The third kappa shape index (κ3) is 5.92. The number of hydrogen-bond acceptors (Lipinski definition) is 0. The normalized spacial score (nSPS) is 11.8. The van der Waals surface area contributed by atoms with Gasteiger partial charge in [0.15, 0.2) is 0 Å². The first-order valence-corrected chi connectivity index (χ1v) is 15.6. The summed E-state index contributed by atoms with van der Waals surface area (Å²) in [5.74, 6) is 0. The Morgan fingerprint density at radius 3 is 1.10 bits per heavy atom. The molecule has 6 rings (SSSR count). The van der Waals surface area contributed by atoms with Crippen LogP contribution in [0.1, 0.15) is 76.3 Å². The molecule has 6 aromatic rings. The lowest BCUT2D eigenvalue weighted by atomic mass is 9.94. The van der Waals surface area contributed by atoms with Crippen LogP contribution in [-0.2, 0) is 12.8 Å². The van der Waals surface area contributed by atoms with Gasteiger partial charge in [-0.1, -0.05) is 113 Å². The zero-order valence-electron chi connectivity index (χ0n) is 24.3. The Hall–Kier alpha value is -3.64. The predicted octanol–water partition coefficient (Wildman–Crippen LogP) is 12.2. The van der Waals surface area contributed by atoms with Gasteiger partial charge in [0.2, 0.25) is 0 Å². The molecular formula is C40H42. The Labute approximate surface area is 240 Å². The van der Waals surface area contributed by atoms with Crippen molar-refractivity contribution in [1.29, 1.82) is 0 Å². The summed E-state index contributed by atoms with van der Waals surface area (Å²) in [5, 5.41) is 10.6.